The van der Waals surface area contributed by atoms with E-state index in [4.69, 9.17) is 0 Å². The van der Waals surface area contributed by atoms with E-state index in [0.29, 0.717) is 31.6 Å². The van der Waals surface area contributed by atoms with Crippen LogP contribution in [0.1, 0.15) is 40.2 Å². The largest absolute Gasteiger partial charge is 0.346 e. The first-order chi connectivity index (χ1) is 12.6. The molecule has 2 amide bonds. The molecule has 1 aromatic heterocycles. The molecular weight excluding hydrogens is 335 g/mol. The van der Waals surface area contributed by atoms with Crippen molar-refractivity contribution in [3.8, 4) is 0 Å². The topological polar surface area (TPSA) is 78.1 Å². The van der Waals surface area contributed by atoms with Gasteiger partial charge in [0.2, 0.25) is 5.91 Å². The van der Waals surface area contributed by atoms with Gasteiger partial charge < -0.3 is 10.2 Å². The minimum Gasteiger partial charge on any atom is -0.346 e. The number of likely N-dealkylation sites (tertiary alicyclic amines) is 1. The number of aryl methyl sites for hydroxylation is 1. The number of aromatic nitrogens is 2. The van der Waals surface area contributed by atoms with Crippen molar-refractivity contribution in [2.75, 3.05) is 13.1 Å². The van der Waals surface area contributed by atoms with Gasteiger partial charge in [0.15, 0.2) is 5.69 Å². The molecule has 26 heavy (non-hydrogen) atoms. The number of nitrogens with zero attached hydrogens (tertiary/aromatic N) is 2. The van der Waals surface area contributed by atoms with E-state index in [0.717, 1.165) is 36.1 Å². The summed E-state index contributed by atoms with van der Waals surface area (Å²) in [5.74, 6) is -0.439. The molecule has 1 atom stereocenters. The molecule has 2 heterocycles. The summed E-state index contributed by atoms with van der Waals surface area (Å²) in [6, 6.07) is 6.11. The zero-order valence-electron chi connectivity index (χ0n) is 14.4. The molecule has 1 saturated heterocycles. The first-order valence-corrected chi connectivity index (χ1v) is 8.99. The SMILES string of the molecule is O=C(N[C@@H]1CC(=O)N(CCc2ccc(F)cc2)C1)c1n[nH]c2c1CCC2. The Bertz CT molecular complexity index is 831. The smallest absolute Gasteiger partial charge is 0.272 e. The van der Waals surface area contributed by atoms with Crippen LogP contribution < -0.4 is 5.32 Å². The van der Waals surface area contributed by atoms with E-state index in [-0.39, 0.29) is 23.7 Å². The van der Waals surface area contributed by atoms with Crippen LogP contribution in [0.2, 0.25) is 0 Å². The average Bonchev–Trinajstić information content (AvgIpc) is 3.30. The summed E-state index contributed by atoms with van der Waals surface area (Å²) in [5.41, 5.74) is 3.52. The van der Waals surface area contributed by atoms with Crippen LogP contribution in [0, 0.1) is 5.82 Å². The van der Waals surface area contributed by atoms with Gasteiger partial charge in [-0.15, -0.1) is 0 Å². The summed E-state index contributed by atoms with van der Waals surface area (Å²) in [6.07, 6.45) is 3.83. The lowest BCUT2D eigenvalue weighted by molar-refractivity contribution is -0.127. The van der Waals surface area contributed by atoms with Crippen molar-refractivity contribution >= 4 is 11.8 Å². The number of aromatic amines is 1. The van der Waals surface area contributed by atoms with Gasteiger partial charge >= 0.3 is 0 Å². The van der Waals surface area contributed by atoms with Crippen LogP contribution in [0.5, 0.6) is 0 Å². The Morgan fingerprint density at radius 3 is 2.92 bits per heavy atom. The normalized spacial score (nSPS) is 19.0. The number of benzene rings is 1. The second-order valence-corrected chi connectivity index (χ2v) is 6.97. The van der Waals surface area contributed by atoms with E-state index in [9.17, 15) is 14.0 Å². The highest BCUT2D eigenvalue weighted by Crippen LogP contribution is 2.23. The van der Waals surface area contributed by atoms with Crippen LogP contribution in [-0.4, -0.2) is 46.0 Å². The predicted molar refractivity (Wildman–Crippen MR) is 93.2 cm³/mol. The van der Waals surface area contributed by atoms with Gasteiger partial charge in [0.05, 0.1) is 6.04 Å². The molecule has 2 aromatic rings. The van der Waals surface area contributed by atoms with Gasteiger partial charge in [0.25, 0.3) is 5.91 Å². The molecule has 0 unspecified atom stereocenters. The van der Waals surface area contributed by atoms with Crippen molar-refractivity contribution in [1.29, 1.82) is 0 Å². The lowest BCUT2D eigenvalue weighted by Gasteiger charge is -2.17. The molecule has 4 rings (SSSR count). The minimum absolute atomic E-state index is 0.0321. The molecule has 1 fully saturated rings. The molecule has 136 valence electrons. The summed E-state index contributed by atoms with van der Waals surface area (Å²) in [7, 11) is 0. The van der Waals surface area contributed by atoms with Crippen LogP contribution in [-0.2, 0) is 24.1 Å². The molecule has 1 aromatic carbocycles. The molecule has 7 heteroatoms. The standard InChI is InChI=1S/C19H21FN4O2/c20-13-6-4-12(5-7-13)8-9-24-11-14(10-17(24)25)21-19(26)18-15-2-1-3-16(15)22-23-18/h4-7,14H,1-3,8-11H2,(H,21,26)(H,22,23)/t14-/m1/s1. The van der Waals surface area contributed by atoms with Gasteiger partial charge in [0.1, 0.15) is 5.82 Å². The lowest BCUT2D eigenvalue weighted by atomic mass is 10.1. The predicted octanol–water partition coefficient (Wildman–Crippen LogP) is 1.61. The Balaban J connectivity index is 1.32. The Kier molecular flexibility index (Phi) is 4.44. The van der Waals surface area contributed by atoms with Crippen LogP contribution in [0.25, 0.3) is 0 Å². The molecule has 0 radical (unpaired) electrons. The summed E-state index contributed by atoms with van der Waals surface area (Å²) in [5, 5.41) is 10.0. The van der Waals surface area contributed by atoms with E-state index < -0.39 is 0 Å². The van der Waals surface area contributed by atoms with Crippen LogP contribution >= 0.6 is 0 Å². The maximum atomic E-state index is 12.9. The Morgan fingerprint density at radius 2 is 2.12 bits per heavy atom. The second-order valence-electron chi connectivity index (χ2n) is 6.97. The van der Waals surface area contributed by atoms with Gasteiger partial charge in [-0.1, -0.05) is 12.1 Å². The zero-order chi connectivity index (χ0) is 18.1. The second kappa shape index (κ2) is 6.90. The summed E-state index contributed by atoms with van der Waals surface area (Å²) in [6.45, 7) is 1.06. The molecule has 0 spiro atoms. The van der Waals surface area contributed by atoms with Crippen molar-refractivity contribution < 1.29 is 14.0 Å². The summed E-state index contributed by atoms with van der Waals surface area (Å²) in [4.78, 5) is 26.4. The zero-order valence-corrected chi connectivity index (χ0v) is 14.4. The molecular formula is C19H21FN4O2. The highest BCUT2D eigenvalue weighted by atomic mass is 19.1. The maximum Gasteiger partial charge on any atom is 0.272 e. The monoisotopic (exact) mass is 356 g/mol. The number of carbonyl (C=O) groups is 2. The van der Waals surface area contributed by atoms with E-state index >= 15 is 0 Å². The van der Waals surface area contributed by atoms with Crippen molar-refractivity contribution in [3.05, 3.63) is 52.6 Å². The van der Waals surface area contributed by atoms with Gasteiger partial charge in [-0.2, -0.15) is 5.10 Å². The van der Waals surface area contributed by atoms with Crippen LogP contribution in [0.4, 0.5) is 4.39 Å². The fourth-order valence-corrected chi connectivity index (χ4v) is 3.76. The Labute approximate surface area is 150 Å². The number of H-pyrrole nitrogens is 1. The van der Waals surface area contributed by atoms with Crippen molar-refractivity contribution in [2.45, 2.75) is 38.1 Å². The van der Waals surface area contributed by atoms with Gasteiger partial charge in [0, 0.05) is 30.8 Å². The number of amides is 2. The molecule has 2 aliphatic rings. The lowest BCUT2D eigenvalue weighted by Crippen LogP contribution is -2.38. The van der Waals surface area contributed by atoms with Gasteiger partial charge in [-0.3, -0.25) is 14.7 Å². The van der Waals surface area contributed by atoms with Gasteiger partial charge in [-0.05, 0) is 43.4 Å². The number of hydrogen-bond donors (Lipinski definition) is 2. The molecule has 2 N–H and O–H groups in total. The minimum atomic E-state index is -0.265. The number of fused-ring (bicyclic) bond motifs is 1. The van der Waals surface area contributed by atoms with Crippen molar-refractivity contribution in [1.82, 2.24) is 20.4 Å². The number of rotatable bonds is 5. The van der Waals surface area contributed by atoms with Crippen LogP contribution in [0.15, 0.2) is 24.3 Å². The first-order valence-electron chi connectivity index (χ1n) is 8.99. The number of hydrogen-bond acceptors (Lipinski definition) is 3. The highest BCUT2D eigenvalue weighted by molar-refractivity contribution is 5.95. The summed E-state index contributed by atoms with van der Waals surface area (Å²) >= 11 is 0. The number of nitrogens with one attached hydrogen (secondary N) is 2. The Hall–Kier alpha value is -2.70. The quantitative estimate of drug-likeness (QED) is 0.854. The molecule has 6 nitrogen and oxygen atoms in total. The maximum absolute atomic E-state index is 12.9. The molecule has 1 aliphatic carbocycles. The fourth-order valence-electron chi connectivity index (χ4n) is 3.76. The van der Waals surface area contributed by atoms with Crippen molar-refractivity contribution in [3.63, 3.8) is 0 Å². The van der Waals surface area contributed by atoms with E-state index in [2.05, 4.69) is 15.5 Å². The Morgan fingerprint density at radius 1 is 1.31 bits per heavy atom. The van der Waals surface area contributed by atoms with E-state index in [1.54, 1.807) is 17.0 Å². The summed E-state index contributed by atoms with van der Waals surface area (Å²) < 4.78 is 12.9. The number of carbonyl (C=O) groups excluding carboxylic acids is 2. The first kappa shape index (κ1) is 16.8. The third-order valence-corrected chi connectivity index (χ3v) is 5.15. The molecule has 1 aliphatic heterocycles. The highest BCUT2D eigenvalue weighted by Gasteiger charge is 2.32. The third-order valence-electron chi connectivity index (χ3n) is 5.15. The molecule has 0 bridgehead atoms. The molecule has 0 saturated carbocycles. The fraction of sp³-hybridized carbons (Fsp3) is 0.421. The van der Waals surface area contributed by atoms with E-state index in [1.165, 1.54) is 12.1 Å². The van der Waals surface area contributed by atoms with Crippen LogP contribution in [0.3, 0.4) is 0 Å². The van der Waals surface area contributed by atoms with E-state index in [1.807, 2.05) is 0 Å². The van der Waals surface area contributed by atoms with Crippen molar-refractivity contribution in [2.24, 2.45) is 0 Å². The number of halogens is 1. The van der Waals surface area contributed by atoms with Gasteiger partial charge in [-0.25, -0.2) is 4.39 Å². The average molecular weight is 356 g/mol. The third kappa shape index (κ3) is 3.34.